The Morgan fingerprint density at radius 1 is 1.03 bits per heavy atom. The smallest absolute Gasteiger partial charge is 0.251 e. The summed E-state index contributed by atoms with van der Waals surface area (Å²) >= 11 is 0. The predicted molar refractivity (Wildman–Crippen MR) is 122 cm³/mol. The Bertz CT molecular complexity index is 1050. The quantitative estimate of drug-likeness (QED) is 0.646. The highest BCUT2D eigenvalue weighted by molar-refractivity contribution is 5.94. The minimum atomic E-state index is -0.401. The maximum atomic E-state index is 13.5. The third-order valence-corrected chi connectivity index (χ3v) is 6.11. The van der Waals surface area contributed by atoms with Crippen LogP contribution in [0.1, 0.15) is 33.1 Å². The molecule has 31 heavy (non-hydrogen) atoms. The van der Waals surface area contributed by atoms with Crippen molar-refractivity contribution in [3.8, 4) is 0 Å². The number of nitrogens with zero attached hydrogens (tertiary/aromatic N) is 1. The molecule has 2 atom stereocenters. The van der Waals surface area contributed by atoms with Gasteiger partial charge in [-0.25, -0.2) is 4.39 Å². The van der Waals surface area contributed by atoms with Crippen molar-refractivity contribution in [2.45, 2.75) is 19.0 Å². The number of hydrogen-bond acceptors (Lipinski definition) is 2. The van der Waals surface area contributed by atoms with E-state index in [1.165, 1.54) is 33.7 Å². The number of nitrogens with one attached hydrogen (secondary N) is 2. The van der Waals surface area contributed by atoms with Gasteiger partial charge in [-0.2, -0.15) is 0 Å². The maximum Gasteiger partial charge on any atom is 0.251 e. The van der Waals surface area contributed by atoms with Crippen molar-refractivity contribution in [2.75, 3.05) is 32.1 Å². The van der Waals surface area contributed by atoms with Gasteiger partial charge in [-0.1, -0.05) is 42.5 Å². The summed E-state index contributed by atoms with van der Waals surface area (Å²) in [6.45, 7) is 2.42. The highest BCUT2D eigenvalue weighted by Crippen LogP contribution is 2.19. The van der Waals surface area contributed by atoms with E-state index in [1.807, 2.05) is 14.1 Å². The summed E-state index contributed by atoms with van der Waals surface area (Å²) in [6, 6.07) is 23.1. The molecule has 0 spiro atoms. The lowest BCUT2D eigenvalue weighted by atomic mass is 9.96. The first kappa shape index (κ1) is 21.1. The molecule has 0 fully saturated rings. The number of benzene rings is 3. The number of carbonyl (C=O) groups excluding carboxylic acids is 1. The van der Waals surface area contributed by atoms with E-state index in [-0.39, 0.29) is 11.9 Å². The van der Waals surface area contributed by atoms with E-state index < -0.39 is 5.82 Å². The van der Waals surface area contributed by atoms with E-state index >= 15 is 0 Å². The zero-order chi connectivity index (χ0) is 21.8. The van der Waals surface area contributed by atoms with Crippen LogP contribution in [0.4, 0.5) is 10.1 Å². The lowest BCUT2D eigenvalue weighted by Crippen LogP contribution is -3.12. The molecule has 1 aliphatic heterocycles. The summed E-state index contributed by atoms with van der Waals surface area (Å²) in [4.78, 5) is 16.2. The minimum absolute atomic E-state index is 0.113. The third kappa shape index (κ3) is 4.94. The van der Waals surface area contributed by atoms with Crippen LogP contribution in [0, 0.1) is 5.82 Å². The Hall–Kier alpha value is -3.18. The number of anilines is 1. The number of quaternary nitrogens is 1. The molecule has 0 aliphatic carbocycles. The van der Waals surface area contributed by atoms with Gasteiger partial charge in [0.05, 0.1) is 13.1 Å². The van der Waals surface area contributed by atoms with Crippen LogP contribution < -0.4 is 15.1 Å². The second-order valence-corrected chi connectivity index (χ2v) is 8.36. The van der Waals surface area contributed by atoms with Crippen molar-refractivity contribution in [3.05, 3.63) is 101 Å². The minimum Gasteiger partial charge on any atom is -0.378 e. The van der Waals surface area contributed by atoms with Crippen molar-refractivity contribution < 1.29 is 14.1 Å². The van der Waals surface area contributed by atoms with Crippen LogP contribution in [-0.2, 0) is 13.0 Å². The van der Waals surface area contributed by atoms with Crippen LogP contribution in [0.2, 0.25) is 0 Å². The lowest BCUT2D eigenvalue weighted by molar-refractivity contribution is -0.945. The van der Waals surface area contributed by atoms with Crippen molar-refractivity contribution in [2.24, 2.45) is 0 Å². The third-order valence-electron chi connectivity index (χ3n) is 6.11. The van der Waals surface area contributed by atoms with Gasteiger partial charge in [-0.05, 0) is 35.9 Å². The van der Waals surface area contributed by atoms with Crippen molar-refractivity contribution in [1.29, 1.82) is 0 Å². The van der Waals surface area contributed by atoms with Gasteiger partial charge in [0.25, 0.3) is 5.91 Å². The zero-order valence-corrected chi connectivity index (χ0v) is 18.1. The van der Waals surface area contributed by atoms with Gasteiger partial charge >= 0.3 is 0 Å². The van der Waals surface area contributed by atoms with Gasteiger partial charge in [0, 0.05) is 42.9 Å². The molecule has 1 unspecified atom stereocenters. The fourth-order valence-corrected chi connectivity index (χ4v) is 4.33. The SMILES string of the molecule is CN(C)c1ccc([C@@H](CNC(=O)c2cccc(F)c2)[NH+]2CCc3ccccc3C2)cc1. The second-order valence-electron chi connectivity index (χ2n) is 8.36. The number of carbonyl (C=O) groups is 1. The summed E-state index contributed by atoms with van der Waals surface area (Å²) in [7, 11) is 4.05. The van der Waals surface area contributed by atoms with Gasteiger partial charge in [0.1, 0.15) is 18.4 Å². The lowest BCUT2D eigenvalue weighted by Gasteiger charge is -2.33. The van der Waals surface area contributed by atoms with Gasteiger partial charge < -0.3 is 15.1 Å². The molecular weight excluding hydrogens is 389 g/mol. The molecule has 3 aromatic carbocycles. The van der Waals surface area contributed by atoms with Crippen LogP contribution in [0.25, 0.3) is 0 Å². The summed E-state index contributed by atoms with van der Waals surface area (Å²) < 4.78 is 13.5. The molecule has 0 saturated heterocycles. The highest BCUT2D eigenvalue weighted by Gasteiger charge is 2.29. The Balaban J connectivity index is 1.56. The number of halogens is 1. The molecule has 160 valence electrons. The molecule has 1 aliphatic rings. The molecule has 0 saturated carbocycles. The van der Waals surface area contributed by atoms with E-state index in [1.54, 1.807) is 12.1 Å². The second kappa shape index (κ2) is 9.31. The normalized spacial score (nSPS) is 16.3. The first-order chi connectivity index (χ1) is 15.0. The number of fused-ring (bicyclic) bond motifs is 1. The molecule has 1 amide bonds. The van der Waals surface area contributed by atoms with Crippen LogP contribution in [0.5, 0.6) is 0 Å². The van der Waals surface area contributed by atoms with E-state index in [9.17, 15) is 9.18 Å². The fourth-order valence-electron chi connectivity index (χ4n) is 4.33. The Kier molecular flexibility index (Phi) is 6.33. The van der Waals surface area contributed by atoms with Crippen LogP contribution in [0.3, 0.4) is 0 Å². The molecule has 1 heterocycles. The Morgan fingerprint density at radius 3 is 2.48 bits per heavy atom. The molecular formula is C26H29FN3O+. The largest absolute Gasteiger partial charge is 0.378 e. The van der Waals surface area contributed by atoms with Crippen LogP contribution >= 0.6 is 0 Å². The standard InChI is InChI=1S/C26H28FN3O/c1-29(2)24-12-10-20(11-13-24)25(17-28-26(31)21-8-5-9-23(27)16-21)30-15-14-19-6-3-4-7-22(19)18-30/h3-13,16,25H,14-15,17-18H2,1-2H3,(H,28,31)/p+1/t25-/m1/s1. The summed E-state index contributed by atoms with van der Waals surface area (Å²) in [5, 5.41) is 3.05. The topological polar surface area (TPSA) is 36.8 Å². The van der Waals surface area contributed by atoms with E-state index in [4.69, 9.17) is 0 Å². The number of amides is 1. The molecule has 0 radical (unpaired) electrons. The number of rotatable bonds is 6. The molecule has 4 nitrogen and oxygen atoms in total. The molecule has 5 heteroatoms. The maximum absolute atomic E-state index is 13.5. The summed E-state index contributed by atoms with van der Waals surface area (Å²) in [6.07, 6.45) is 1.02. The Morgan fingerprint density at radius 2 is 1.77 bits per heavy atom. The van der Waals surface area contributed by atoms with Gasteiger partial charge in [0.2, 0.25) is 0 Å². The van der Waals surface area contributed by atoms with E-state index in [0.717, 1.165) is 25.2 Å². The van der Waals surface area contributed by atoms with Gasteiger partial charge in [0.15, 0.2) is 0 Å². The van der Waals surface area contributed by atoms with E-state index in [2.05, 4.69) is 58.7 Å². The van der Waals surface area contributed by atoms with Gasteiger partial charge in [-0.3, -0.25) is 4.79 Å². The molecule has 2 N–H and O–H groups in total. The Labute approximate surface area is 183 Å². The zero-order valence-electron chi connectivity index (χ0n) is 18.1. The first-order valence-electron chi connectivity index (χ1n) is 10.7. The molecule has 0 bridgehead atoms. The highest BCUT2D eigenvalue weighted by atomic mass is 19.1. The predicted octanol–water partition coefficient (Wildman–Crippen LogP) is 3.00. The van der Waals surface area contributed by atoms with Crippen LogP contribution in [-0.4, -0.2) is 33.1 Å². The summed E-state index contributed by atoms with van der Waals surface area (Å²) in [5.41, 5.74) is 5.47. The van der Waals surface area contributed by atoms with Crippen molar-refractivity contribution in [1.82, 2.24) is 5.32 Å². The van der Waals surface area contributed by atoms with Crippen LogP contribution in [0.15, 0.2) is 72.8 Å². The molecule has 0 aromatic heterocycles. The monoisotopic (exact) mass is 418 g/mol. The average Bonchev–Trinajstić information content (AvgIpc) is 2.79. The molecule has 4 rings (SSSR count). The average molecular weight is 419 g/mol. The molecule has 3 aromatic rings. The van der Waals surface area contributed by atoms with Crippen molar-refractivity contribution in [3.63, 3.8) is 0 Å². The van der Waals surface area contributed by atoms with E-state index in [0.29, 0.717) is 12.1 Å². The summed E-state index contributed by atoms with van der Waals surface area (Å²) in [5.74, 6) is -0.645. The number of hydrogen-bond donors (Lipinski definition) is 2. The van der Waals surface area contributed by atoms with Crippen molar-refractivity contribution >= 4 is 11.6 Å². The fraction of sp³-hybridized carbons (Fsp3) is 0.269. The van der Waals surface area contributed by atoms with Gasteiger partial charge in [-0.15, -0.1) is 0 Å². The first-order valence-corrected chi connectivity index (χ1v) is 10.7.